The average molecular weight is 569 g/mol. The van der Waals surface area contributed by atoms with Crippen LogP contribution in [-0.2, 0) is 21.0 Å². The third kappa shape index (κ3) is 5.21. The van der Waals surface area contributed by atoms with Gasteiger partial charge in [-0.25, -0.2) is 14.1 Å². The molecule has 5 amide bonds. The first-order chi connectivity index (χ1) is 18.7. The number of halogens is 3. The highest BCUT2D eigenvalue weighted by Crippen LogP contribution is 2.37. The average Bonchev–Trinajstić information content (AvgIpc) is 2.92. The van der Waals surface area contributed by atoms with E-state index < -0.39 is 41.4 Å². The Morgan fingerprint density at radius 1 is 1.05 bits per heavy atom. The molecule has 0 saturated carbocycles. The highest BCUT2D eigenvalue weighted by Gasteiger charge is 2.43. The number of imide groups is 2. The minimum Gasteiger partial charge on any atom is -0.486 e. The van der Waals surface area contributed by atoms with Crippen molar-refractivity contribution < 1.29 is 28.3 Å². The summed E-state index contributed by atoms with van der Waals surface area (Å²) in [6.45, 7) is -0.223. The normalized spacial score (nSPS) is 19.4. The summed E-state index contributed by atoms with van der Waals surface area (Å²) in [5, 5.41) is 4.73. The molecule has 3 heterocycles. The molecule has 198 valence electrons. The van der Waals surface area contributed by atoms with Gasteiger partial charge in [-0.15, -0.1) is 0 Å². The second-order valence-electron chi connectivity index (χ2n) is 8.74. The SMILES string of the molecule is O=C1NCC(C2=CC(c3cc(Cl)c(F)c(OCc4ccccc4Cl)c3)C(=O)N(c3cccnc3)C2=O)C(=O)N1. The molecule has 0 radical (unpaired) electrons. The summed E-state index contributed by atoms with van der Waals surface area (Å²) >= 11 is 12.4. The lowest BCUT2D eigenvalue weighted by Crippen LogP contribution is -2.55. The van der Waals surface area contributed by atoms with Crippen LogP contribution in [0.25, 0.3) is 0 Å². The van der Waals surface area contributed by atoms with E-state index in [4.69, 9.17) is 27.9 Å². The fourth-order valence-electron chi connectivity index (χ4n) is 4.35. The third-order valence-corrected chi connectivity index (χ3v) is 6.94. The van der Waals surface area contributed by atoms with E-state index >= 15 is 0 Å². The van der Waals surface area contributed by atoms with Gasteiger partial charge in [-0.2, -0.15) is 0 Å². The topological polar surface area (TPSA) is 118 Å². The van der Waals surface area contributed by atoms with Crippen molar-refractivity contribution in [2.45, 2.75) is 12.5 Å². The number of aromatic nitrogens is 1. The summed E-state index contributed by atoms with van der Waals surface area (Å²) in [6, 6.07) is 11.8. The van der Waals surface area contributed by atoms with Gasteiger partial charge in [0.25, 0.3) is 5.91 Å². The van der Waals surface area contributed by atoms with Crippen LogP contribution >= 0.6 is 23.2 Å². The van der Waals surface area contributed by atoms with Crippen molar-refractivity contribution in [1.82, 2.24) is 15.6 Å². The molecule has 2 atom stereocenters. The largest absolute Gasteiger partial charge is 0.486 e. The van der Waals surface area contributed by atoms with Gasteiger partial charge in [-0.05, 0) is 35.9 Å². The second-order valence-corrected chi connectivity index (χ2v) is 9.55. The fourth-order valence-corrected chi connectivity index (χ4v) is 4.76. The Bertz CT molecular complexity index is 1530. The Balaban J connectivity index is 1.56. The van der Waals surface area contributed by atoms with Crippen LogP contribution in [0.5, 0.6) is 5.75 Å². The molecule has 1 fully saturated rings. The van der Waals surface area contributed by atoms with Crippen LogP contribution in [0, 0.1) is 11.7 Å². The Morgan fingerprint density at radius 3 is 2.56 bits per heavy atom. The summed E-state index contributed by atoms with van der Waals surface area (Å²) in [5.74, 6) is -5.40. The van der Waals surface area contributed by atoms with Crippen LogP contribution in [0.15, 0.2) is 72.6 Å². The first kappa shape index (κ1) is 26.3. The summed E-state index contributed by atoms with van der Waals surface area (Å²) in [7, 11) is 0. The van der Waals surface area contributed by atoms with Crippen molar-refractivity contribution in [3.63, 3.8) is 0 Å². The number of benzene rings is 2. The van der Waals surface area contributed by atoms with Gasteiger partial charge in [0.2, 0.25) is 11.8 Å². The van der Waals surface area contributed by atoms with Crippen molar-refractivity contribution in [1.29, 1.82) is 0 Å². The first-order valence-electron chi connectivity index (χ1n) is 11.7. The van der Waals surface area contributed by atoms with Crippen molar-refractivity contribution in [2.24, 2.45) is 5.92 Å². The maximum Gasteiger partial charge on any atom is 0.321 e. The van der Waals surface area contributed by atoms with E-state index in [1.807, 2.05) is 0 Å². The zero-order valence-electron chi connectivity index (χ0n) is 20.0. The number of nitrogens with one attached hydrogen (secondary N) is 2. The minimum absolute atomic E-state index is 0.0278. The lowest BCUT2D eigenvalue weighted by Gasteiger charge is -2.34. The Hall–Kier alpha value is -4.28. The molecule has 39 heavy (non-hydrogen) atoms. The number of carbonyl (C=O) groups is 4. The van der Waals surface area contributed by atoms with Gasteiger partial charge in [0.05, 0.1) is 28.7 Å². The molecule has 0 bridgehead atoms. The molecule has 0 aliphatic carbocycles. The number of hydrogen-bond donors (Lipinski definition) is 2. The zero-order valence-corrected chi connectivity index (χ0v) is 21.5. The fraction of sp³-hybridized carbons (Fsp3) is 0.148. The number of urea groups is 1. The number of hydrogen-bond acceptors (Lipinski definition) is 6. The maximum atomic E-state index is 15.0. The molecule has 2 aliphatic rings. The number of anilines is 1. The van der Waals surface area contributed by atoms with E-state index in [0.29, 0.717) is 10.6 Å². The summed E-state index contributed by atoms with van der Waals surface area (Å²) < 4.78 is 20.6. The quantitative estimate of drug-likeness (QED) is 0.431. The number of pyridine rings is 1. The Morgan fingerprint density at radius 2 is 1.85 bits per heavy atom. The second kappa shape index (κ2) is 10.8. The van der Waals surface area contributed by atoms with E-state index in [9.17, 15) is 23.6 Å². The van der Waals surface area contributed by atoms with Gasteiger partial charge >= 0.3 is 6.03 Å². The summed E-state index contributed by atoms with van der Waals surface area (Å²) in [5.41, 5.74) is 0.973. The van der Waals surface area contributed by atoms with Crippen LogP contribution in [-0.4, -0.2) is 35.3 Å². The number of amides is 5. The molecular formula is C27H19Cl2FN4O5. The van der Waals surface area contributed by atoms with Gasteiger partial charge < -0.3 is 10.1 Å². The molecule has 2 N–H and O–H groups in total. The molecule has 2 aliphatic heterocycles. The molecule has 2 aromatic carbocycles. The molecule has 2 unspecified atom stereocenters. The van der Waals surface area contributed by atoms with E-state index in [2.05, 4.69) is 15.6 Å². The molecule has 1 saturated heterocycles. The van der Waals surface area contributed by atoms with Gasteiger partial charge in [-0.3, -0.25) is 24.7 Å². The smallest absolute Gasteiger partial charge is 0.321 e. The number of nitrogens with zero attached hydrogens (tertiary/aromatic N) is 2. The molecular weight excluding hydrogens is 550 g/mol. The lowest BCUT2D eigenvalue weighted by molar-refractivity contribution is -0.129. The van der Waals surface area contributed by atoms with Gasteiger partial charge in [0, 0.05) is 28.9 Å². The van der Waals surface area contributed by atoms with Crippen molar-refractivity contribution >= 4 is 52.6 Å². The van der Waals surface area contributed by atoms with Crippen LogP contribution < -0.4 is 20.3 Å². The molecule has 12 heteroatoms. The molecule has 1 aromatic heterocycles. The van der Waals surface area contributed by atoms with Crippen LogP contribution in [0.2, 0.25) is 10.0 Å². The molecule has 9 nitrogen and oxygen atoms in total. The van der Waals surface area contributed by atoms with Crippen LogP contribution in [0.4, 0.5) is 14.9 Å². The molecule has 5 rings (SSSR count). The molecule has 0 spiro atoms. The van der Waals surface area contributed by atoms with E-state index in [0.717, 1.165) is 4.90 Å². The minimum atomic E-state index is -1.15. The summed E-state index contributed by atoms with van der Waals surface area (Å²) in [6.07, 6.45) is 4.14. The maximum absolute atomic E-state index is 15.0. The van der Waals surface area contributed by atoms with Crippen molar-refractivity contribution in [3.05, 3.63) is 99.6 Å². The standard InChI is InChI=1S/C27H19Cl2FN4O5/c28-20-6-2-1-4-14(20)13-39-22-9-15(8-21(29)23(22)30)17-10-18(19-12-32-27(38)33-24(19)35)26(37)34(25(17)36)16-5-3-7-31-11-16/h1-11,17,19H,12-13H2,(H2,32,33,35,38). The number of ether oxygens (including phenoxy) is 1. The zero-order chi connectivity index (χ0) is 27.7. The number of carbonyl (C=O) groups excluding carboxylic acids is 4. The van der Waals surface area contributed by atoms with Crippen LogP contribution in [0.1, 0.15) is 17.0 Å². The van der Waals surface area contributed by atoms with E-state index in [1.165, 1.54) is 36.7 Å². The predicted molar refractivity (Wildman–Crippen MR) is 140 cm³/mol. The first-order valence-corrected chi connectivity index (χ1v) is 12.4. The predicted octanol–water partition coefficient (Wildman–Crippen LogP) is 4.15. The Labute approximate surface area is 231 Å². The Kier molecular flexibility index (Phi) is 7.32. The van der Waals surface area contributed by atoms with Crippen molar-refractivity contribution in [2.75, 3.05) is 11.4 Å². The van der Waals surface area contributed by atoms with Crippen LogP contribution in [0.3, 0.4) is 0 Å². The highest BCUT2D eigenvalue weighted by molar-refractivity contribution is 6.31. The van der Waals surface area contributed by atoms with Gasteiger partial charge in [0.1, 0.15) is 6.61 Å². The monoisotopic (exact) mass is 568 g/mol. The highest BCUT2D eigenvalue weighted by atomic mass is 35.5. The summed E-state index contributed by atoms with van der Waals surface area (Å²) in [4.78, 5) is 56.3. The lowest BCUT2D eigenvalue weighted by atomic mass is 9.85. The molecule has 3 aromatic rings. The van der Waals surface area contributed by atoms with Gasteiger partial charge in [-0.1, -0.05) is 47.5 Å². The van der Waals surface area contributed by atoms with Gasteiger partial charge in [0.15, 0.2) is 11.6 Å². The van der Waals surface area contributed by atoms with Crippen molar-refractivity contribution in [3.8, 4) is 5.75 Å². The van der Waals surface area contributed by atoms with E-state index in [1.54, 1.807) is 30.3 Å². The number of rotatable bonds is 6. The third-order valence-electron chi connectivity index (χ3n) is 6.30. The van der Waals surface area contributed by atoms with E-state index in [-0.39, 0.29) is 40.7 Å².